The number of nitrogens with one attached hydrogen (secondary N) is 1. The molecule has 24 heavy (non-hydrogen) atoms. The molecule has 0 unspecified atom stereocenters. The summed E-state index contributed by atoms with van der Waals surface area (Å²) in [6, 6.07) is 12.6. The van der Waals surface area contributed by atoms with Crippen molar-refractivity contribution in [2.24, 2.45) is 0 Å². The van der Waals surface area contributed by atoms with Gasteiger partial charge in [-0.15, -0.1) is 0 Å². The average Bonchev–Trinajstić information content (AvgIpc) is 2.62. The first kappa shape index (κ1) is 16.8. The molecule has 1 aliphatic heterocycles. The van der Waals surface area contributed by atoms with E-state index >= 15 is 0 Å². The number of para-hydroxylation sites is 1. The maximum absolute atomic E-state index is 10.1. The SMILES string of the molecule is CC[C@H](NC1CCN(c2ccc(C)cn2)CC1)c1ccccc1O. The molecule has 2 heterocycles. The van der Waals surface area contributed by atoms with E-state index in [-0.39, 0.29) is 6.04 Å². The first-order valence-corrected chi connectivity index (χ1v) is 8.89. The van der Waals surface area contributed by atoms with Gasteiger partial charge in [0, 0.05) is 36.9 Å². The lowest BCUT2D eigenvalue weighted by molar-refractivity contribution is 0.355. The van der Waals surface area contributed by atoms with Gasteiger partial charge in [-0.1, -0.05) is 31.2 Å². The average molecular weight is 325 g/mol. The van der Waals surface area contributed by atoms with E-state index in [1.165, 1.54) is 5.56 Å². The normalized spacial score (nSPS) is 17.0. The molecule has 1 aliphatic rings. The van der Waals surface area contributed by atoms with E-state index in [9.17, 15) is 5.11 Å². The number of nitrogens with zero attached hydrogens (tertiary/aromatic N) is 2. The van der Waals surface area contributed by atoms with Crippen molar-refractivity contribution in [2.75, 3.05) is 18.0 Å². The van der Waals surface area contributed by atoms with Crippen LogP contribution < -0.4 is 10.2 Å². The number of hydrogen-bond acceptors (Lipinski definition) is 4. The Balaban J connectivity index is 1.58. The molecule has 1 atom stereocenters. The van der Waals surface area contributed by atoms with Gasteiger partial charge >= 0.3 is 0 Å². The minimum Gasteiger partial charge on any atom is -0.508 e. The summed E-state index contributed by atoms with van der Waals surface area (Å²) < 4.78 is 0. The van der Waals surface area contributed by atoms with Crippen molar-refractivity contribution < 1.29 is 5.11 Å². The number of piperidine rings is 1. The van der Waals surface area contributed by atoms with Crippen LogP contribution in [-0.4, -0.2) is 29.2 Å². The van der Waals surface area contributed by atoms with E-state index in [1.807, 2.05) is 24.4 Å². The minimum absolute atomic E-state index is 0.209. The van der Waals surface area contributed by atoms with Crippen molar-refractivity contribution in [1.29, 1.82) is 0 Å². The molecule has 4 nitrogen and oxygen atoms in total. The maximum Gasteiger partial charge on any atom is 0.128 e. The zero-order chi connectivity index (χ0) is 16.9. The summed E-state index contributed by atoms with van der Waals surface area (Å²) in [5.41, 5.74) is 2.20. The Kier molecular flexibility index (Phi) is 5.36. The summed E-state index contributed by atoms with van der Waals surface area (Å²) >= 11 is 0. The molecule has 0 amide bonds. The van der Waals surface area contributed by atoms with Gasteiger partial charge in [-0.2, -0.15) is 0 Å². The van der Waals surface area contributed by atoms with Crippen LogP contribution in [0.5, 0.6) is 5.75 Å². The minimum atomic E-state index is 0.209. The first-order chi connectivity index (χ1) is 11.7. The Hall–Kier alpha value is -2.07. The lowest BCUT2D eigenvalue weighted by Gasteiger charge is -2.35. The van der Waals surface area contributed by atoms with E-state index in [4.69, 9.17) is 0 Å². The Labute approximate surface area is 144 Å². The molecule has 0 spiro atoms. The molecule has 3 rings (SSSR count). The number of aromatic nitrogens is 1. The van der Waals surface area contributed by atoms with Crippen molar-refractivity contribution in [2.45, 2.75) is 45.2 Å². The molecule has 2 aromatic rings. The number of hydrogen-bond donors (Lipinski definition) is 2. The van der Waals surface area contributed by atoms with Crippen molar-refractivity contribution in [1.82, 2.24) is 10.3 Å². The second-order valence-corrected chi connectivity index (χ2v) is 6.64. The first-order valence-electron chi connectivity index (χ1n) is 8.89. The third-order valence-corrected chi connectivity index (χ3v) is 4.87. The molecule has 0 saturated carbocycles. The van der Waals surface area contributed by atoms with Crippen molar-refractivity contribution >= 4 is 5.82 Å². The summed E-state index contributed by atoms with van der Waals surface area (Å²) in [7, 11) is 0. The molecule has 128 valence electrons. The number of anilines is 1. The lowest BCUT2D eigenvalue weighted by atomic mass is 9.98. The van der Waals surface area contributed by atoms with Gasteiger partial charge in [-0.25, -0.2) is 4.98 Å². The molecule has 4 heteroatoms. The molecule has 1 fully saturated rings. The highest BCUT2D eigenvalue weighted by molar-refractivity contribution is 5.40. The van der Waals surface area contributed by atoms with Crippen LogP contribution in [0.3, 0.4) is 0 Å². The van der Waals surface area contributed by atoms with Crippen LogP contribution in [0.2, 0.25) is 0 Å². The van der Waals surface area contributed by atoms with E-state index in [0.717, 1.165) is 43.7 Å². The monoisotopic (exact) mass is 325 g/mol. The molecule has 0 aliphatic carbocycles. The largest absolute Gasteiger partial charge is 0.508 e. The Morgan fingerprint density at radius 3 is 2.58 bits per heavy atom. The van der Waals surface area contributed by atoms with Gasteiger partial charge in [-0.3, -0.25) is 0 Å². The summed E-state index contributed by atoms with van der Waals surface area (Å²) in [4.78, 5) is 6.90. The topological polar surface area (TPSA) is 48.4 Å². The van der Waals surface area contributed by atoms with Gasteiger partial charge in [0.1, 0.15) is 11.6 Å². The Bertz CT molecular complexity index is 648. The third kappa shape index (κ3) is 3.88. The van der Waals surface area contributed by atoms with Crippen molar-refractivity contribution in [3.63, 3.8) is 0 Å². The Morgan fingerprint density at radius 1 is 1.21 bits per heavy atom. The molecular weight excluding hydrogens is 298 g/mol. The van der Waals surface area contributed by atoms with Crippen molar-refractivity contribution in [3.05, 3.63) is 53.7 Å². The van der Waals surface area contributed by atoms with Crippen LogP contribution >= 0.6 is 0 Å². The zero-order valence-corrected chi connectivity index (χ0v) is 14.6. The summed E-state index contributed by atoms with van der Waals surface area (Å²) in [5.74, 6) is 1.46. The fourth-order valence-corrected chi connectivity index (χ4v) is 3.42. The van der Waals surface area contributed by atoms with Crippen LogP contribution in [0.4, 0.5) is 5.82 Å². The number of pyridine rings is 1. The smallest absolute Gasteiger partial charge is 0.128 e. The van der Waals surface area contributed by atoms with Gasteiger partial charge in [0.2, 0.25) is 0 Å². The molecule has 0 bridgehead atoms. The van der Waals surface area contributed by atoms with Crippen molar-refractivity contribution in [3.8, 4) is 5.75 Å². The molecular formula is C20H27N3O. The number of aromatic hydroxyl groups is 1. The second-order valence-electron chi connectivity index (χ2n) is 6.64. The highest BCUT2D eigenvalue weighted by Crippen LogP contribution is 2.28. The van der Waals surface area contributed by atoms with E-state index < -0.39 is 0 Å². The predicted octanol–water partition coefficient (Wildman–Crippen LogP) is 3.81. The number of rotatable bonds is 5. The van der Waals surface area contributed by atoms with Crippen LogP contribution in [0.25, 0.3) is 0 Å². The molecule has 0 radical (unpaired) electrons. The lowest BCUT2D eigenvalue weighted by Crippen LogP contribution is -2.44. The van der Waals surface area contributed by atoms with Crippen LogP contribution in [0, 0.1) is 6.92 Å². The summed E-state index contributed by atoms with van der Waals surface area (Å²) in [6.07, 6.45) is 5.10. The number of aryl methyl sites for hydroxylation is 1. The molecule has 1 aromatic carbocycles. The highest BCUT2D eigenvalue weighted by Gasteiger charge is 2.23. The van der Waals surface area contributed by atoms with Crippen LogP contribution in [0.1, 0.15) is 43.4 Å². The highest BCUT2D eigenvalue weighted by atomic mass is 16.3. The zero-order valence-electron chi connectivity index (χ0n) is 14.6. The molecule has 1 aromatic heterocycles. The van der Waals surface area contributed by atoms with E-state index in [0.29, 0.717) is 11.8 Å². The van der Waals surface area contributed by atoms with Gasteiger partial charge < -0.3 is 15.3 Å². The van der Waals surface area contributed by atoms with Gasteiger partial charge in [0.05, 0.1) is 0 Å². The fraction of sp³-hybridized carbons (Fsp3) is 0.450. The van der Waals surface area contributed by atoms with Gasteiger partial charge in [-0.05, 0) is 43.9 Å². The van der Waals surface area contributed by atoms with E-state index in [2.05, 4.69) is 41.2 Å². The number of phenols is 1. The quantitative estimate of drug-likeness (QED) is 0.878. The maximum atomic E-state index is 10.1. The number of benzene rings is 1. The van der Waals surface area contributed by atoms with Gasteiger partial charge in [0.25, 0.3) is 0 Å². The third-order valence-electron chi connectivity index (χ3n) is 4.87. The van der Waals surface area contributed by atoms with Crippen LogP contribution in [-0.2, 0) is 0 Å². The van der Waals surface area contributed by atoms with Crippen LogP contribution in [0.15, 0.2) is 42.6 Å². The Morgan fingerprint density at radius 2 is 1.96 bits per heavy atom. The standard InChI is InChI=1S/C20H27N3O/c1-3-18(17-6-4-5-7-19(17)24)22-16-10-12-23(13-11-16)20-9-8-15(2)14-21-20/h4-9,14,16,18,22,24H,3,10-13H2,1-2H3/t18-/m0/s1. The van der Waals surface area contributed by atoms with E-state index in [1.54, 1.807) is 6.07 Å². The molecule has 2 N–H and O–H groups in total. The summed E-state index contributed by atoms with van der Waals surface area (Å²) in [6.45, 7) is 6.27. The summed E-state index contributed by atoms with van der Waals surface area (Å²) in [5, 5.41) is 13.8. The van der Waals surface area contributed by atoms with Gasteiger partial charge in [0.15, 0.2) is 0 Å². The fourth-order valence-electron chi connectivity index (χ4n) is 3.42. The molecule has 1 saturated heterocycles. The number of phenolic OH excluding ortho intramolecular Hbond substituents is 1. The second kappa shape index (κ2) is 7.67. The predicted molar refractivity (Wildman–Crippen MR) is 98.5 cm³/mol.